The molecule has 108 valence electrons. The van der Waals surface area contributed by atoms with Gasteiger partial charge in [0.15, 0.2) is 0 Å². The number of carbonyl (C=O) groups is 1. The van der Waals surface area contributed by atoms with E-state index < -0.39 is 11.5 Å². The van der Waals surface area contributed by atoms with Crippen molar-refractivity contribution >= 4 is 22.9 Å². The Morgan fingerprint density at radius 1 is 1.33 bits per heavy atom. The average molecular weight is 299 g/mol. The number of hydrogen-bond acceptors (Lipinski definition) is 4. The molecule has 3 N–H and O–H groups in total. The third kappa shape index (κ3) is 3.48. The van der Waals surface area contributed by atoms with Gasteiger partial charge >= 0.3 is 0 Å². The molecule has 0 aliphatic heterocycles. The van der Waals surface area contributed by atoms with Crippen LogP contribution < -0.4 is 11.1 Å². The van der Waals surface area contributed by atoms with Crippen LogP contribution in [0.15, 0.2) is 41.8 Å². The zero-order valence-electron chi connectivity index (χ0n) is 12.0. The summed E-state index contributed by atoms with van der Waals surface area (Å²) in [6.07, 6.45) is 0. The van der Waals surface area contributed by atoms with Crippen LogP contribution in [0.5, 0.6) is 0 Å². The Morgan fingerprint density at radius 2 is 2.00 bits per heavy atom. The molecule has 0 spiro atoms. The maximum absolute atomic E-state index is 12.1. The number of benzene rings is 1. The van der Waals surface area contributed by atoms with Crippen LogP contribution >= 0.6 is 11.3 Å². The van der Waals surface area contributed by atoms with Crippen LogP contribution in [0.1, 0.15) is 30.3 Å². The number of nitrogens with one attached hydrogen (secondary N) is 1. The zero-order chi connectivity index (χ0) is 15.5. The van der Waals surface area contributed by atoms with Crippen molar-refractivity contribution in [3.05, 3.63) is 52.2 Å². The monoisotopic (exact) mass is 299 g/mol. The number of hydrogen-bond donors (Lipinski definition) is 2. The van der Waals surface area contributed by atoms with E-state index in [0.29, 0.717) is 5.69 Å². The van der Waals surface area contributed by atoms with E-state index in [1.165, 1.54) is 11.3 Å². The van der Waals surface area contributed by atoms with Gasteiger partial charge in [-0.1, -0.05) is 18.2 Å². The first-order valence-corrected chi connectivity index (χ1v) is 7.43. The quantitative estimate of drug-likeness (QED) is 0.910. The first-order valence-electron chi connectivity index (χ1n) is 6.55. The van der Waals surface area contributed by atoms with Crippen LogP contribution in [-0.2, 0) is 10.2 Å². The lowest BCUT2D eigenvalue weighted by atomic mass is 9.86. The standard InChI is InChI=1S/C16H17N3OS/c1-16(2,10-17)11-5-7-12(8-6-11)19-15(20)14(18)13-4-3-9-21-13/h3-9,14H,18H2,1-2H3,(H,19,20). The Kier molecular flexibility index (Phi) is 4.41. The van der Waals surface area contributed by atoms with Crippen LogP contribution in [0.4, 0.5) is 5.69 Å². The fourth-order valence-electron chi connectivity index (χ4n) is 1.85. The predicted octanol–water partition coefficient (Wildman–Crippen LogP) is 3.19. The lowest BCUT2D eigenvalue weighted by molar-refractivity contribution is -0.117. The third-order valence-corrected chi connectivity index (χ3v) is 4.24. The molecule has 1 aromatic heterocycles. The average Bonchev–Trinajstić information content (AvgIpc) is 3.01. The first-order chi connectivity index (χ1) is 9.94. The number of rotatable bonds is 4. The molecule has 1 unspecified atom stereocenters. The Morgan fingerprint density at radius 3 is 2.52 bits per heavy atom. The van der Waals surface area contributed by atoms with Gasteiger partial charge in [-0.3, -0.25) is 4.79 Å². The number of anilines is 1. The van der Waals surface area contributed by atoms with Gasteiger partial charge in [-0.2, -0.15) is 5.26 Å². The molecule has 21 heavy (non-hydrogen) atoms. The van der Waals surface area contributed by atoms with Gasteiger partial charge in [-0.25, -0.2) is 0 Å². The van der Waals surface area contributed by atoms with Gasteiger partial charge in [-0.15, -0.1) is 11.3 Å². The molecular weight excluding hydrogens is 282 g/mol. The van der Waals surface area contributed by atoms with Crippen molar-refractivity contribution in [2.75, 3.05) is 5.32 Å². The highest BCUT2D eigenvalue weighted by Crippen LogP contribution is 2.24. The molecule has 4 nitrogen and oxygen atoms in total. The zero-order valence-corrected chi connectivity index (χ0v) is 12.8. The van der Waals surface area contributed by atoms with E-state index in [-0.39, 0.29) is 5.91 Å². The maximum atomic E-state index is 12.1. The second-order valence-electron chi connectivity index (χ2n) is 5.30. The molecule has 2 rings (SSSR count). The number of nitrogens with two attached hydrogens (primary N) is 1. The summed E-state index contributed by atoms with van der Waals surface area (Å²) >= 11 is 1.46. The molecule has 1 aromatic carbocycles. The molecule has 0 aliphatic rings. The summed E-state index contributed by atoms with van der Waals surface area (Å²) in [5.74, 6) is -0.246. The molecule has 1 heterocycles. The molecule has 0 aliphatic carbocycles. The van der Waals surface area contributed by atoms with Crippen molar-refractivity contribution in [1.82, 2.24) is 0 Å². The van der Waals surface area contributed by atoms with Crippen molar-refractivity contribution in [3.8, 4) is 6.07 Å². The summed E-state index contributed by atoms with van der Waals surface area (Å²) in [4.78, 5) is 12.9. The SMILES string of the molecule is CC(C)(C#N)c1ccc(NC(=O)C(N)c2cccs2)cc1. The molecule has 0 radical (unpaired) electrons. The van der Waals surface area contributed by atoms with E-state index in [1.54, 1.807) is 12.1 Å². The summed E-state index contributed by atoms with van der Waals surface area (Å²) in [6, 6.07) is 12.5. The Bertz CT molecular complexity index is 654. The summed E-state index contributed by atoms with van der Waals surface area (Å²) in [7, 11) is 0. The van der Waals surface area contributed by atoms with Crippen LogP contribution in [0.25, 0.3) is 0 Å². The molecule has 5 heteroatoms. The topological polar surface area (TPSA) is 78.9 Å². The number of nitrogens with zero attached hydrogens (tertiary/aromatic N) is 1. The van der Waals surface area contributed by atoms with E-state index in [2.05, 4.69) is 11.4 Å². The van der Waals surface area contributed by atoms with Crippen molar-refractivity contribution in [3.63, 3.8) is 0 Å². The number of thiophene rings is 1. The highest BCUT2D eigenvalue weighted by molar-refractivity contribution is 7.10. The Balaban J connectivity index is 2.07. The lowest BCUT2D eigenvalue weighted by Gasteiger charge is -2.16. The van der Waals surface area contributed by atoms with Crippen molar-refractivity contribution in [2.45, 2.75) is 25.3 Å². The number of carbonyl (C=O) groups excluding carboxylic acids is 1. The van der Waals surface area contributed by atoms with Crippen LogP contribution in [0.2, 0.25) is 0 Å². The minimum Gasteiger partial charge on any atom is -0.324 e. The highest BCUT2D eigenvalue weighted by atomic mass is 32.1. The molecule has 1 amide bonds. The molecular formula is C16H17N3OS. The second-order valence-corrected chi connectivity index (χ2v) is 6.28. The summed E-state index contributed by atoms with van der Waals surface area (Å²) in [5, 5.41) is 13.8. The number of amides is 1. The minimum absolute atomic E-state index is 0.246. The van der Waals surface area contributed by atoms with Gasteiger partial charge in [0.1, 0.15) is 6.04 Å². The Labute approximate surface area is 128 Å². The van der Waals surface area contributed by atoms with Gasteiger partial charge in [-0.05, 0) is 43.0 Å². The van der Waals surface area contributed by atoms with Gasteiger partial charge in [0.25, 0.3) is 0 Å². The van der Waals surface area contributed by atoms with E-state index in [9.17, 15) is 4.79 Å². The molecule has 0 bridgehead atoms. The lowest BCUT2D eigenvalue weighted by Crippen LogP contribution is -2.27. The molecule has 0 saturated heterocycles. The smallest absolute Gasteiger partial charge is 0.246 e. The first kappa shape index (κ1) is 15.2. The largest absolute Gasteiger partial charge is 0.324 e. The summed E-state index contributed by atoms with van der Waals surface area (Å²) in [5.41, 5.74) is 6.94. The van der Waals surface area contributed by atoms with Gasteiger partial charge < -0.3 is 11.1 Å². The van der Waals surface area contributed by atoms with E-state index in [4.69, 9.17) is 11.0 Å². The van der Waals surface area contributed by atoms with Gasteiger partial charge in [0.05, 0.1) is 11.5 Å². The Hall–Kier alpha value is -2.16. The normalized spacial score (nSPS) is 12.5. The van der Waals surface area contributed by atoms with Crippen molar-refractivity contribution in [2.24, 2.45) is 5.73 Å². The van der Waals surface area contributed by atoms with Gasteiger partial charge in [0.2, 0.25) is 5.91 Å². The van der Waals surface area contributed by atoms with Crippen molar-refractivity contribution in [1.29, 1.82) is 5.26 Å². The fraction of sp³-hybridized carbons (Fsp3) is 0.250. The van der Waals surface area contributed by atoms with E-state index in [1.807, 2.05) is 43.5 Å². The maximum Gasteiger partial charge on any atom is 0.246 e. The van der Waals surface area contributed by atoms with Gasteiger partial charge in [0, 0.05) is 10.6 Å². The minimum atomic E-state index is -0.666. The van der Waals surface area contributed by atoms with E-state index in [0.717, 1.165) is 10.4 Å². The molecule has 1 atom stereocenters. The third-order valence-electron chi connectivity index (χ3n) is 3.29. The molecule has 2 aromatic rings. The predicted molar refractivity (Wildman–Crippen MR) is 85.0 cm³/mol. The summed E-state index contributed by atoms with van der Waals surface area (Å²) in [6.45, 7) is 3.71. The fourth-order valence-corrected chi connectivity index (χ4v) is 2.58. The van der Waals surface area contributed by atoms with Crippen LogP contribution in [0, 0.1) is 11.3 Å². The van der Waals surface area contributed by atoms with E-state index >= 15 is 0 Å². The molecule has 0 saturated carbocycles. The van der Waals surface area contributed by atoms with Crippen LogP contribution in [-0.4, -0.2) is 5.91 Å². The summed E-state index contributed by atoms with van der Waals surface area (Å²) < 4.78 is 0. The van der Waals surface area contributed by atoms with Crippen molar-refractivity contribution < 1.29 is 4.79 Å². The second kappa shape index (κ2) is 6.08. The highest BCUT2D eigenvalue weighted by Gasteiger charge is 2.20. The molecule has 0 fully saturated rings. The number of nitriles is 1. The van der Waals surface area contributed by atoms with Crippen LogP contribution in [0.3, 0.4) is 0 Å².